The second kappa shape index (κ2) is 9.99. The normalized spacial score (nSPS) is 10.8. The molecule has 0 aliphatic rings. The molecule has 0 radical (unpaired) electrons. The van der Waals surface area contributed by atoms with Crippen molar-refractivity contribution >= 4 is 11.9 Å². The highest BCUT2D eigenvalue weighted by Crippen LogP contribution is 2.27. The van der Waals surface area contributed by atoms with Gasteiger partial charge in [0, 0.05) is 37.2 Å². The quantitative estimate of drug-likeness (QED) is 0.396. The van der Waals surface area contributed by atoms with Crippen LogP contribution in [-0.4, -0.2) is 26.6 Å². The van der Waals surface area contributed by atoms with Crippen molar-refractivity contribution in [2.75, 3.05) is 0 Å². The number of hydrogen-bond donors (Lipinski definition) is 0. The Balaban J connectivity index is 1.69. The zero-order valence-electron chi connectivity index (χ0n) is 18.3. The summed E-state index contributed by atoms with van der Waals surface area (Å²) in [6, 6.07) is 23.0. The first kappa shape index (κ1) is 22.1. The summed E-state index contributed by atoms with van der Waals surface area (Å²) >= 11 is 0. The van der Waals surface area contributed by atoms with Crippen LogP contribution in [0.2, 0.25) is 0 Å². The van der Waals surface area contributed by atoms with E-state index in [1.54, 1.807) is 9.58 Å². The average molecular weight is 442 g/mol. The van der Waals surface area contributed by atoms with Crippen molar-refractivity contribution in [1.29, 1.82) is 0 Å². The Hall–Kier alpha value is -4.13. The van der Waals surface area contributed by atoms with E-state index >= 15 is 0 Å². The molecule has 0 aliphatic carbocycles. The Morgan fingerprint density at radius 1 is 0.939 bits per heavy atom. The highest BCUT2D eigenvalue weighted by molar-refractivity contribution is 5.80. The number of aliphatic carboxylic acids is 1. The summed E-state index contributed by atoms with van der Waals surface area (Å²) in [7, 11) is 0. The summed E-state index contributed by atoms with van der Waals surface area (Å²) in [5.41, 5.74) is 3.26. The van der Waals surface area contributed by atoms with Crippen molar-refractivity contribution in [2.24, 2.45) is 0 Å². The van der Waals surface area contributed by atoms with Gasteiger partial charge in [-0.25, -0.2) is 4.68 Å². The van der Waals surface area contributed by atoms with Gasteiger partial charge in [-0.15, -0.1) is 0 Å². The molecule has 4 aromatic rings. The molecule has 0 bridgehead atoms. The second-order valence-electron chi connectivity index (χ2n) is 7.80. The topological polar surface area (TPSA) is 91.4 Å². The van der Waals surface area contributed by atoms with Crippen LogP contribution in [0, 0.1) is 6.92 Å². The summed E-state index contributed by atoms with van der Waals surface area (Å²) in [6.07, 6.45) is 1.43. The average Bonchev–Trinajstić information content (AvgIpc) is 3.44. The maximum absolute atomic E-state index is 13.0. The fourth-order valence-electron chi connectivity index (χ4n) is 3.62. The molecule has 168 valence electrons. The number of aromatic nitrogens is 2. The number of furan rings is 1. The van der Waals surface area contributed by atoms with Crippen LogP contribution in [-0.2, 0) is 22.7 Å². The molecule has 4 rings (SSSR count). The number of carbonyl (C=O) groups is 2. The SMILES string of the molecule is Cc1ccc(-c2nn(-c3ccccc3)cc2CN(Cc2ccccc2)C(=O)CCC(=O)[O-])o1. The molecular formula is C26H24N3O4-. The van der Waals surface area contributed by atoms with Gasteiger partial charge in [-0.3, -0.25) is 4.79 Å². The lowest BCUT2D eigenvalue weighted by Crippen LogP contribution is -2.32. The van der Waals surface area contributed by atoms with Crippen molar-refractivity contribution in [1.82, 2.24) is 14.7 Å². The molecule has 1 amide bonds. The van der Waals surface area contributed by atoms with Crippen molar-refractivity contribution in [3.8, 4) is 17.1 Å². The fourth-order valence-corrected chi connectivity index (χ4v) is 3.62. The van der Waals surface area contributed by atoms with Crippen LogP contribution >= 0.6 is 0 Å². The molecule has 0 atom stereocenters. The number of aryl methyl sites for hydroxylation is 1. The Kier molecular flexibility index (Phi) is 6.69. The molecule has 0 fully saturated rings. The van der Waals surface area contributed by atoms with E-state index < -0.39 is 5.97 Å². The number of carbonyl (C=O) groups excluding carboxylic acids is 2. The van der Waals surface area contributed by atoms with Crippen LogP contribution in [0.25, 0.3) is 17.1 Å². The van der Waals surface area contributed by atoms with Crippen LogP contribution in [0.1, 0.15) is 29.7 Å². The van der Waals surface area contributed by atoms with Crippen LogP contribution in [0.5, 0.6) is 0 Å². The molecule has 0 saturated carbocycles. The Morgan fingerprint density at radius 2 is 1.64 bits per heavy atom. The minimum absolute atomic E-state index is 0.128. The number of carboxylic acid groups (broad SMARTS) is 1. The smallest absolute Gasteiger partial charge is 0.223 e. The molecule has 0 N–H and O–H groups in total. The lowest BCUT2D eigenvalue weighted by Gasteiger charge is -2.23. The standard InChI is InChI=1S/C26H25N3O4/c1-19-12-13-23(33-19)26-21(18-29(27-26)22-10-6-3-7-11-22)17-28(24(30)14-15-25(31)32)16-20-8-4-2-5-9-20/h2-13,18H,14-17H2,1H3,(H,31,32)/p-1. The molecule has 33 heavy (non-hydrogen) atoms. The minimum atomic E-state index is -1.24. The van der Waals surface area contributed by atoms with E-state index in [1.807, 2.05) is 85.9 Å². The molecular weight excluding hydrogens is 418 g/mol. The molecule has 0 saturated heterocycles. The third-order valence-corrected chi connectivity index (χ3v) is 5.26. The van der Waals surface area contributed by atoms with Gasteiger partial charge < -0.3 is 19.2 Å². The van der Waals surface area contributed by atoms with Gasteiger partial charge in [0.2, 0.25) is 5.91 Å². The van der Waals surface area contributed by atoms with Crippen LogP contribution < -0.4 is 5.11 Å². The Labute approximate surface area is 191 Å². The third kappa shape index (κ3) is 5.57. The molecule has 2 heterocycles. The Morgan fingerprint density at radius 3 is 2.27 bits per heavy atom. The number of benzene rings is 2. The number of rotatable bonds is 9. The van der Waals surface area contributed by atoms with E-state index in [0.29, 0.717) is 18.0 Å². The molecule has 2 aromatic heterocycles. The minimum Gasteiger partial charge on any atom is -0.550 e. The second-order valence-corrected chi connectivity index (χ2v) is 7.80. The summed E-state index contributed by atoms with van der Waals surface area (Å²) in [5.74, 6) is -0.140. The molecule has 7 nitrogen and oxygen atoms in total. The maximum atomic E-state index is 13.0. The highest BCUT2D eigenvalue weighted by Gasteiger charge is 2.21. The van der Waals surface area contributed by atoms with Gasteiger partial charge in [-0.2, -0.15) is 5.10 Å². The number of hydrogen-bond acceptors (Lipinski definition) is 5. The molecule has 2 aromatic carbocycles. The summed E-state index contributed by atoms with van der Waals surface area (Å²) in [5, 5.41) is 15.7. The van der Waals surface area contributed by atoms with Crippen molar-refractivity contribution < 1.29 is 19.1 Å². The first-order valence-corrected chi connectivity index (χ1v) is 10.7. The van der Waals surface area contributed by atoms with Gasteiger partial charge in [0.1, 0.15) is 11.5 Å². The van der Waals surface area contributed by atoms with Gasteiger partial charge in [0.25, 0.3) is 0 Å². The van der Waals surface area contributed by atoms with Crippen LogP contribution in [0.4, 0.5) is 0 Å². The predicted octanol–water partition coefficient (Wildman–Crippen LogP) is 3.50. The number of nitrogens with zero attached hydrogens (tertiary/aromatic N) is 3. The lowest BCUT2D eigenvalue weighted by molar-refractivity contribution is -0.305. The van der Waals surface area contributed by atoms with Gasteiger partial charge in [0.05, 0.1) is 5.69 Å². The van der Waals surface area contributed by atoms with E-state index in [0.717, 1.165) is 22.6 Å². The zero-order chi connectivity index (χ0) is 23.2. The maximum Gasteiger partial charge on any atom is 0.223 e. The molecule has 7 heteroatoms. The summed E-state index contributed by atoms with van der Waals surface area (Å²) in [6.45, 7) is 2.46. The predicted molar refractivity (Wildman–Crippen MR) is 121 cm³/mol. The van der Waals surface area contributed by atoms with Crippen molar-refractivity contribution in [3.05, 3.63) is 95.9 Å². The van der Waals surface area contributed by atoms with Crippen LogP contribution in [0.15, 0.2) is 83.4 Å². The largest absolute Gasteiger partial charge is 0.550 e. The number of amides is 1. The van der Waals surface area contributed by atoms with Gasteiger partial charge >= 0.3 is 0 Å². The lowest BCUT2D eigenvalue weighted by atomic mass is 10.1. The van der Waals surface area contributed by atoms with E-state index in [-0.39, 0.29) is 25.3 Å². The molecule has 0 unspecified atom stereocenters. The molecule has 0 aliphatic heterocycles. The van der Waals surface area contributed by atoms with E-state index in [2.05, 4.69) is 0 Å². The van der Waals surface area contributed by atoms with Gasteiger partial charge in [0.15, 0.2) is 5.76 Å². The van der Waals surface area contributed by atoms with E-state index in [1.165, 1.54) is 0 Å². The van der Waals surface area contributed by atoms with E-state index in [4.69, 9.17) is 9.52 Å². The third-order valence-electron chi connectivity index (χ3n) is 5.26. The summed E-state index contributed by atoms with van der Waals surface area (Å²) in [4.78, 5) is 25.5. The fraction of sp³-hybridized carbons (Fsp3) is 0.192. The highest BCUT2D eigenvalue weighted by atomic mass is 16.4. The summed E-state index contributed by atoms with van der Waals surface area (Å²) < 4.78 is 7.59. The van der Waals surface area contributed by atoms with Crippen molar-refractivity contribution in [3.63, 3.8) is 0 Å². The van der Waals surface area contributed by atoms with Gasteiger partial charge in [-0.1, -0.05) is 48.5 Å². The molecule has 0 spiro atoms. The zero-order valence-corrected chi connectivity index (χ0v) is 18.3. The van der Waals surface area contributed by atoms with E-state index in [9.17, 15) is 14.7 Å². The Bertz CT molecular complexity index is 1230. The van der Waals surface area contributed by atoms with Crippen LogP contribution in [0.3, 0.4) is 0 Å². The first-order valence-electron chi connectivity index (χ1n) is 10.7. The number of para-hydroxylation sites is 1. The van der Waals surface area contributed by atoms with Crippen molar-refractivity contribution in [2.45, 2.75) is 32.9 Å². The monoisotopic (exact) mass is 442 g/mol. The van der Waals surface area contributed by atoms with Gasteiger partial charge in [-0.05, 0) is 43.2 Å². The number of carboxylic acids is 1. The first-order chi connectivity index (χ1) is 16.0.